The molecule has 2 aromatic rings. The number of hydrogen-bond donors (Lipinski definition) is 0. The molecule has 3 rings (SSSR count). The predicted octanol–water partition coefficient (Wildman–Crippen LogP) is 3.99. The van der Waals surface area contributed by atoms with Crippen molar-refractivity contribution in [1.29, 1.82) is 0 Å². The van der Waals surface area contributed by atoms with Crippen molar-refractivity contribution in [3.63, 3.8) is 0 Å². The van der Waals surface area contributed by atoms with Crippen LogP contribution >= 0.6 is 11.8 Å². The molecule has 1 saturated heterocycles. The molecule has 0 radical (unpaired) electrons. The first kappa shape index (κ1) is 17.7. The molecule has 0 amide bonds. The molecule has 0 aliphatic carbocycles. The van der Waals surface area contributed by atoms with Crippen molar-refractivity contribution in [2.24, 2.45) is 0 Å². The molecule has 4 nitrogen and oxygen atoms in total. The zero-order chi connectivity index (χ0) is 17.8. The molecule has 1 aromatic carbocycles. The van der Waals surface area contributed by atoms with Crippen LogP contribution in [0.25, 0.3) is 12.3 Å². The van der Waals surface area contributed by atoms with E-state index in [1.807, 2.05) is 60.7 Å². The maximum atomic E-state index is 11.5. The van der Waals surface area contributed by atoms with Gasteiger partial charge >= 0.3 is 0 Å². The standard InChI is InChI=1S/C20H23NO3S/c1-14-10-17(22)11-15(2)21(14)8-6-16-4-5-19(23-3)20(12-16)24-18-7-9-25-13-18/h4-6,8,10-12,18H,7,9,13H2,1-3H3. The van der Waals surface area contributed by atoms with Gasteiger partial charge in [0, 0.05) is 35.5 Å². The minimum absolute atomic E-state index is 0.0363. The summed E-state index contributed by atoms with van der Waals surface area (Å²) < 4.78 is 13.6. The first-order valence-electron chi connectivity index (χ1n) is 8.37. The molecule has 25 heavy (non-hydrogen) atoms. The molecule has 1 aliphatic heterocycles. The summed E-state index contributed by atoms with van der Waals surface area (Å²) in [4.78, 5) is 11.5. The van der Waals surface area contributed by atoms with Gasteiger partial charge in [-0.2, -0.15) is 11.8 Å². The Balaban J connectivity index is 1.86. The van der Waals surface area contributed by atoms with Crippen molar-refractivity contribution in [1.82, 2.24) is 4.57 Å². The molecule has 1 fully saturated rings. The van der Waals surface area contributed by atoms with E-state index in [1.54, 1.807) is 19.2 Å². The lowest BCUT2D eigenvalue weighted by atomic mass is 10.2. The van der Waals surface area contributed by atoms with Crippen LogP contribution in [0.15, 0.2) is 35.1 Å². The zero-order valence-electron chi connectivity index (χ0n) is 14.8. The van der Waals surface area contributed by atoms with E-state index in [4.69, 9.17) is 9.47 Å². The van der Waals surface area contributed by atoms with E-state index in [0.29, 0.717) is 0 Å². The molecule has 0 N–H and O–H groups in total. The Morgan fingerprint density at radius 1 is 1.16 bits per heavy atom. The molecule has 0 bridgehead atoms. The molecule has 1 atom stereocenters. The average molecular weight is 357 g/mol. The van der Waals surface area contributed by atoms with Crippen molar-refractivity contribution in [2.75, 3.05) is 18.6 Å². The fraction of sp³-hybridized carbons (Fsp3) is 0.350. The Kier molecular flexibility index (Phi) is 5.53. The predicted molar refractivity (Wildman–Crippen MR) is 105 cm³/mol. The van der Waals surface area contributed by atoms with Gasteiger partial charge in [0.15, 0.2) is 16.9 Å². The maximum Gasteiger partial charge on any atom is 0.182 e. The average Bonchev–Trinajstić information content (AvgIpc) is 3.07. The molecular formula is C20H23NO3S. The van der Waals surface area contributed by atoms with Gasteiger partial charge in [-0.15, -0.1) is 0 Å². The van der Waals surface area contributed by atoms with E-state index >= 15 is 0 Å². The highest BCUT2D eigenvalue weighted by molar-refractivity contribution is 7.99. The third-order valence-electron chi connectivity index (χ3n) is 4.25. The highest BCUT2D eigenvalue weighted by atomic mass is 32.2. The normalized spacial score (nSPS) is 17.2. The number of aryl methyl sites for hydroxylation is 2. The Hall–Kier alpha value is -2.14. The largest absolute Gasteiger partial charge is 0.493 e. The zero-order valence-corrected chi connectivity index (χ0v) is 15.6. The monoisotopic (exact) mass is 357 g/mol. The molecule has 1 aromatic heterocycles. The third kappa shape index (κ3) is 4.28. The summed E-state index contributed by atoms with van der Waals surface area (Å²) in [6, 6.07) is 9.21. The van der Waals surface area contributed by atoms with Gasteiger partial charge in [0.1, 0.15) is 6.10 Å². The molecule has 1 aliphatic rings. The van der Waals surface area contributed by atoms with Crippen molar-refractivity contribution in [3.8, 4) is 11.5 Å². The fourth-order valence-electron chi connectivity index (χ4n) is 2.94. The van der Waals surface area contributed by atoms with Crippen LogP contribution in [0.1, 0.15) is 23.4 Å². The maximum absolute atomic E-state index is 11.5. The summed E-state index contributed by atoms with van der Waals surface area (Å²) in [5.74, 6) is 3.71. The highest BCUT2D eigenvalue weighted by Gasteiger charge is 2.18. The highest BCUT2D eigenvalue weighted by Crippen LogP contribution is 2.32. The second kappa shape index (κ2) is 7.83. The summed E-state index contributed by atoms with van der Waals surface area (Å²) in [5.41, 5.74) is 2.89. The number of rotatable bonds is 5. The minimum Gasteiger partial charge on any atom is -0.493 e. The minimum atomic E-state index is 0.0363. The summed E-state index contributed by atoms with van der Waals surface area (Å²) in [6.07, 6.45) is 5.31. The van der Waals surface area contributed by atoms with Gasteiger partial charge in [0.2, 0.25) is 0 Å². The number of benzene rings is 1. The van der Waals surface area contributed by atoms with Crippen LogP contribution in [-0.2, 0) is 0 Å². The molecular weight excluding hydrogens is 334 g/mol. The lowest BCUT2D eigenvalue weighted by Gasteiger charge is -2.16. The smallest absolute Gasteiger partial charge is 0.182 e. The molecule has 132 valence electrons. The van der Waals surface area contributed by atoms with Crippen LogP contribution in [0.3, 0.4) is 0 Å². The Morgan fingerprint density at radius 3 is 2.56 bits per heavy atom. The van der Waals surface area contributed by atoms with E-state index in [0.717, 1.165) is 46.4 Å². The number of methoxy groups -OCH3 is 1. The quantitative estimate of drug-likeness (QED) is 0.811. The van der Waals surface area contributed by atoms with Crippen LogP contribution in [0.5, 0.6) is 11.5 Å². The van der Waals surface area contributed by atoms with Crippen molar-refractivity contribution >= 4 is 24.0 Å². The Bertz CT molecular complexity index is 809. The number of hydrogen-bond acceptors (Lipinski definition) is 4. The number of nitrogens with zero attached hydrogens (tertiary/aromatic N) is 1. The van der Waals surface area contributed by atoms with E-state index in [9.17, 15) is 4.79 Å². The first-order chi connectivity index (χ1) is 12.1. The lowest BCUT2D eigenvalue weighted by molar-refractivity contribution is 0.218. The molecule has 0 saturated carbocycles. The van der Waals surface area contributed by atoms with Gasteiger partial charge in [0.05, 0.1) is 7.11 Å². The number of aromatic nitrogens is 1. The van der Waals surface area contributed by atoms with Crippen molar-refractivity contribution < 1.29 is 9.47 Å². The SMILES string of the molecule is COc1ccc(C=Cn2c(C)cc(=O)cc2C)cc1OC1CCSC1. The van der Waals surface area contributed by atoms with Gasteiger partial charge in [-0.3, -0.25) is 4.79 Å². The second-order valence-corrected chi connectivity index (χ2v) is 7.32. The van der Waals surface area contributed by atoms with Crippen LogP contribution in [0.4, 0.5) is 0 Å². The van der Waals surface area contributed by atoms with Gasteiger partial charge in [0.25, 0.3) is 0 Å². The summed E-state index contributed by atoms with van der Waals surface area (Å²) in [6.45, 7) is 3.86. The van der Waals surface area contributed by atoms with Gasteiger partial charge < -0.3 is 14.0 Å². The molecule has 1 unspecified atom stereocenters. The number of thioether (sulfide) groups is 1. The summed E-state index contributed by atoms with van der Waals surface area (Å²) in [5, 5.41) is 0. The van der Waals surface area contributed by atoms with Gasteiger partial charge in [-0.1, -0.05) is 6.07 Å². The Labute approximate surface area is 152 Å². The second-order valence-electron chi connectivity index (χ2n) is 6.17. The van der Waals surface area contributed by atoms with Gasteiger partial charge in [-0.25, -0.2) is 0 Å². The van der Waals surface area contributed by atoms with E-state index in [2.05, 4.69) is 0 Å². The van der Waals surface area contributed by atoms with Crippen molar-refractivity contribution in [3.05, 3.63) is 57.5 Å². The fourth-order valence-corrected chi connectivity index (χ4v) is 4.03. The lowest BCUT2D eigenvalue weighted by Crippen LogP contribution is -2.15. The molecule has 5 heteroatoms. The van der Waals surface area contributed by atoms with E-state index in [1.165, 1.54) is 0 Å². The number of ether oxygens (including phenoxy) is 2. The van der Waals surface area contributed by atoms with Crippen LogP contribution in [-0.4, -0.2) is 29.3 Å². The molecule has 0 spiro atoms. The van der Waals surface area contributed by atoms with Crippen LogP contribution in [0, 0.1) is 13.8 Å². The third-order valence-corrected chi connectivity index (χ3v) is 5.38. The van der Waals surface area contributed by atoms with Crippen LogP contribution in [0.2, 0.25) is 0 Å². The topological polar surface area (TPSA) is 40.5 Å². The summed E-state index contributed by atoms with van der Waals surface area (Å²) in [7, 11) is 1.66. The van der Waals surface area contributed by atoms with Crippen LogP contribution < -0.4 is 14.9 Å². The molecule has 2 heterocycles. The van der Waals surface area contributed by atoms with E-state index < -0.39 is 0 Å². The van der Waals surface area contributed by atoms with E-state index in [-0.39, 0.29) is 11.5 Å². The Morgan fingerprint density at radius 2 is 1.92 bits per heavy atom. The summed E-state index contributed by atoms with van der Waals surface area (Å²) >= 11 is 1.92. The van der Waals surface area contributed by atoms with Crippen molar-refractivity contribution in [2.45, 2.75) is 26.4 Å². The van der Waals surface area contributed by atoms with Gasteiger partial charge in [-0.05, 0) is 49.8 Å². The first-order valence-corrected chi connectivity index (χ1v) is 9.53. The number of pyridine rings is 1.